The van der Waals surface area contributed by atoms with E-state index in [0.29, 0.717) is 41.7 Å². The lowest BCUT2D eigenvalue weighted by atomic mass is 10.1. The van der Waals surface area contributed by atoms with E-state index in [0.717, 1.165) is 11.1 Å². The zero-order valence-corrected chi connectivity index (χ0v) is 19.0. The molecule has 170 valence electrons. The average molecular weight is 465 g/mol. The first-order valence-electron chi connectivity index (χ1n) is 10.8. The number of carbonyl (C=O) groups is 2. The van der Waals surface area contributed by atoms with Crippen LogP contribution in [0.5, 0.6) is 11.5 Å². The highest BCUT2D eigenvalue weighted by Crippen LogP contribution is 2.31. The first-order valence-corrected chi connectivity index (χ1v) is 11.2. The van der Waals surface area contributed by atoms with Gasteiger partial charge < -0.3 is 19.7 Å². The smallest absolute Gasteiger partial charge is 0.264 e. The van der Waals surface area contributed by atoms with Crippen LogP contribution < -0.4 is 14.8 Å². The molecule has 0 saturated heterocycles. The second-order valence-corrected chi connectivity index (χ2v) is 8.18. The van der Waals surface area contributed by atoms with Crippen LogP contribution in [-0.4, -0.2) is 29.4 Å². The van der Waals surface area contributed by atoms with Gasteiger partial charge in [0.05, 0.1) is 0 Å². The quantitative estimate of drug-likeness (QED) is 0.531. The van der Waals surface area contributed by atoms with Gasteiger partial charge in [-0.25, -0.2) is 0 Å². The fraction of sp³-hybridized carbons (Fsp3) is 0.231. The zero-order valence-electron chi connectivity index (χ0n) is 18.3. The highest BCUT2D eigenvalue weighted by molar-refractivity contribution is 6.31. The van der Waals surface area contributed by atoms with E-state index in [4.69, 9.17) is 21.1 Å². The van der Waals surface area contributed by atoms with Crippen molar-refractivity contribution >= 4 is 29.1 Å². The third kappa shape index (κ3) is 5.65. The van der Waals surface area contributed by atoms with Gasteiger partial charge in [-0.1, -0.05) is 54.9 Å². The second-order valence-electron chi connectivity index (χ2n) is 7.77. The molecule has 0 radical (unpaired) electrons. The molecule has 33 heavy (non-hydrogen) atoms. The molecule has 0 fully saturated rings. The number of ether oxygens (including phenoxy) is 2. The standard InChI is InChI=1S/C26H25ClN2O4/c1-2-23-26(31)29(15-18-8-6-7-11-22(18)27)16-19-14-20(12-13-24(19)33-23)28-25(30)17-32-21-9-4-3-5-10-21/h3-14,23H,2,15-17H2,1H3,(H,28,30)/t23-/m0/s1. The van der Waals surface area contributed by atoms with Gasteiger partial charge in [0.15, 0.2) is 12.7 Å². The minimum Gasteiger partial charge on any atom is -0.484 e. The van der Waals surface area contributed by atoms with Crippen molar-refractivity contribution in [3.8, 4) is 11.5 Å². The highest BCUT2D eigenvalue weighted by Gasteiger charge is 2.30. The summed E-state index contributed by atoms with van der Waals surface area (Å²) in [5.41, 5.74) is 2.29. The van der Waals surface area contributed by atoms with Crippen LogP contribution in [0.2, 0.25) is 5.02 Å². The van der Waals surface area contributed by atoms with Gasteiger partial charge in [0.2, 0.25) is 0 Å². The van der Waals surface area contributed by atoms with Gasteiger partial charge in [0, 0.05) is 29.4 Å². The van der Waals surface area contributed by atoms with Gasteiger partial charge in [-0.2, -0.15) is 0 Å². The van der Waals surface area contributed by atoms with Crippen LogP contribution in [0.25, 0.3) is 0 Å². The number of anilines is 1. The Morgan fingerprint density at radius 2 is 1.88 bits per heavy atom. The number of carbonyl (C=O) groups excluding carboxylic acids is 2. The number of halogens is 1. The first-order chi connectivity index (χ1) is 16.0. The van der Waals surface area contributed by atoms with Gasteiger partial charge >= 0.3 is 0 Å². The van der Waals surface area contributed by atoms with Gasteiger partial charge in [0.25, 0.3) is 11.8 Å². The SMILES string of the molecule is CC[C@@H]1Oc2ccc(NC(=O)COc3ccccc3)cc2CN(Cc2ccccc2Cl)C1=O. The summed E-state index contributed by atoms with van der Waals surface area (Å²) < 4.78 is 11.5. The first kappa shape index (κ1) is 22.7. The molecule has 1 aliphatic rings. The Bertz CT molecular complexity index is 1140. The Morgan fingerprint density at radius 1 is 1.12 bits per heavy atom. The number of amides is 2. The predicted molar refractivity (Wildman–Crippen MR) is 127 cm³/mol. The Labute approximate surface area is 198 Å². The minimum absolute atomic E-state index is 0.0875. The molecule has 0 aliphatic carbocycles. The topological polar surface area (TPSA) is 67.9 Å². The van der Waals surface area contributed by atoms with Gasteiger partial charge in [-0.15, -0.1) is 0 Å². The Kier molecular flexibility index (Phi) is 7.15. The molecule has 0 saturated carbocycles. The van der Waals surface area contributed by atoms with Crippen LogP contribution in [0.1, 0.15) is 24.5 Å². The molecule has 3 aromatic rings. The van der Waals surface area contributed by atoms with E-state index in [2.05, 4.69) is 5.32 Å². The molecule has 0 spiro atoms. The molecule has 0 unspecified atom stereocenters. The summed E-state index contributed by atoms with van der Waals surface area (Å²) >= 11 is 6.33. The second kappa shape index (κ2) is 10.4. The molecule has 1 N–H and O–H groups in total. The number of nitrogens with zero attached hydrogens (tertiary/aromatic N) is 1. The van der Waals surface area contributed by atoms with Crippen molar-refractivity contribution in [1.82, 2.24) is 4.90 Å². The summed E-state index contributed by atoms with van der Waals surface area (Å²) in [7, 11) is 0. The maximum atomic E-state index is 13.1. The Hall–Kier alpha value is -3.51. The molecule has 3 aromatic carbocycles. The molecule has 1 aliphatic heterocycles. The van der Waals surface area contributed by atoms with Crippen molar-refractivity contribution in [3.05, 3.63) is 88.9 Å². The summed E-state index contributed by atoms with van der Waals surface area (Å²) in [5, 5.41) is 3.46. The van der Waals surface area contributed by atoms with Crippen LogP contribution in [0.4, 0.5) is 5.69 Å². The van der Waals surface area contributed by atoms with Crippen molar-refractivity contribution in [2.45, 2.75) is 32.5 Å². The van der Waals surface area contributed by atoms with Gasteiger partial charge in [-0.05, 0) is 48.4 Å². The fourth-order valence-corrected chi connectivity index (χ4v) is 3.87. The number of benzene rings is 3. The number of nitrogens with one attached hydrogen (secondary N) is 1. The maximum absolute atomic E-state index is 13.1. The van der Waals surface area contributed by atoms with Crippen molar-refractivity contribution in [1.29, 1.82) is 0 Å². The molecule has 1 heterocycles. The molecule has 4 rings (SSSR count). The monoisotopic (exact) mass is 464 g/mol. The van der Waals surface area contributed by atoms with E-state index in [1.165, 1.54) is 0 Å². The summed E-state index contributed by atoms with van der Waals surface area (Å²) in [6.07, 6.45) is -0.0273. The minimum atomic E-state index is -0.576. The van der Waals surface area contributed by atoms with Crippen LogP contribution in [0.3, 0.4) is 0 Å². The lowest BCUT2D eigenvalue weighted by Crippen LogP contribution is -2.38. The summed E-state index contributed by atoms with van der Waals surface area (Å²) in [5.74, 6) is 0.900. The molecular weight excluding hydrogens is 440 g/mol. The molecule has 6 nitrogen and oxygen atoms in total. The molecular formula is C26H25ClN2O4. The lowest BCUT2D eigenvalue weighted by Gasteiger charge is -2.23. The number of rotatable bonds is 7. The number of hydrogen-bond acceptors (Lipinski definition) is 4. The Balaban J connectivity index is 1.50. The van der Waals surface area contributed by atoms with Crippen molar-refractivity contribution < 1.29 is 19.1 Å². The zero-order chi connectivity index (χ0) is 23.2. The molecule has 1 atom stereocenters. The third-order valence-electron chi connectivity index (χ3n) is 5.36. The number of fused-ring (bicyclic) bond motifs is 1. The molecule has 7 heteroatoms. The number of para-hydroxylation sites is 1. The van der Waals surface area contributed by atoms with Crippen LogP contribution in [0, 0.1) is 0 Å². The lowest BCUT2D eigenvalue weighted by molar-refractivity contribution is -0.139. The predicted octanol–water partition coefficient (Wildman–Crippen LogP) is 5.06. The molecule has 0 aromatic heterocycles. The van der Waals surface area contributed by atoms with Crippen LogP contribution >= 0.6 is 11.6 Å². The van der Waals surface area contributed by atoms with E-state index in [9.17, 15) is 9.59 Å². The Morgan fingerprint density at radius 3 is 2.64 bits per heavy atom. The van der Waals surface area contributed by atoms with Crippen molar-refractivity contribution in [2.75, 3.05) is 11.9 Å². The fourth-order valence-electron chi connectivity index (χ4n) is 3.67. The van der Waals surface area contributed by atoms with Crippen LogP contribution in [-0.2, 0) is 22.7 Å². The number of hydrogen-bond donors (Lipinski definition) is 1. The van der Waals surface area contributed by atoms with Gasteiger partial charge in [-0.3, -0.25) is 9.59 Å². The summed E-state index contributed by atoms with van der Waals surface area (Å²) in [6, 6.07) is 22.0. The summed E-state index contributed by atoms with van der Waals surface area (Å²) in [6.45, 7) is 2.54. The summed E-state index contributed by atoms with van der Waals surface area (Å²) in [4.78, 5) is 27.2. The van der Waals surface area contributed by atoms with E-state index < -0.39 is 6.10 Å². The van der Waals surface area contributed by atoms with E-state index in [1.807, 2.05) is 55.5 Å². The maximum Gasteiger partial charge on any atom is 0.264 e. The molecule has 0 bridgehead atoms. The van der Waals surface area contributed by atoms with E-state index in [1.54, 1.807) is 29.2 Å². The van der Waals surface area contributed by atoms with Crippen molar-refractivity contribution in [3.63, 3.8) is 0 Å². The van der Waals surface area contributed by atoms with E-state index >= 15 is 0 Å². The highest BCUT2D eigenvalue weighted by atomic mass is 35.5. The van der Waals surface area contributed by atoms with Gasteiger partial charge in [0.1, 0.15) is 11.5 Å². The largest absolute Gasteiger partial charge is 0.484 e. The van der Waals surface area contributed by atoms with E-state index in [-0.39, 0.29) is 18.4 Å². The van der Waals surface area contributed by atoms with Crippen molar-refractivity contribution in [2.24, 2.45) is 0 Å². The third-order valence-corrected chi connectivity index (χ3v) is 5.73. The average Bonchev–Trinajstić information content (AvgIpc) is 2.96. The van der Waals surface area contributed by atoms with Crippen LogP contribution in [0.15, 0.2) is 72.8 Å². The normalized spacial score (nSPS) is 15.3. The molecule has 2 amide bonds.